The molecule has 3 aromatic rings. The molecule has 0 atom stereocenters. The summed E-state index contributed by atoms with van der Waals surface area (Å²) in [5.74, 6) is 1.36. The highest BCUT2D eigenvalue weighted by Crippen LogP contribution is 2.30. The molecule has 1 fully saturated rings. The van der Waals surface area contributed by atoms with E-state index in [9.17, 15) is 9.59 Å². The van der Waals surface area contributed by atoms with Crippen LogP contribution in [0.2, 0.25) is 5.02 Å². The number of carbonyl (C=O) groups excluding carboxylic acids is 2. The quantitative estimate of drug-likeness (QED) is 0.415. The Hall–Kier alpha value is -3.72. The number of amides is 2. The fourth-order valence-corrected chi connectivity index (χ4v) is 5.08. The summed E-state index contributed by atoms with van der Waals surface area (Å²) in [4.78, 5) is 40.4. The van der Waals surface area contributed by atoms with Crippen molar-refractivity contribution in [3.8, 4) is 0 Å². The second kappa shape index (κ2) is 11.3. The van der Waals surface area contributed by atoms with E-state index in [1.165, 1.54) is 0 Å². The molecule has 1 aromatic carbocycles. The molecule has 10 heteroatoms. The molecule has 0 spiro atoms. The van der Waals surface area contributed by atoms with E-state index < -0.39 is 0 Å². The molecule has 198 valence electrons. The largest absolute Gasteiger partial charge is 0.342 e. The monoisotopic (exact) mass is 533 g/mol. The average molecular weight is 534 g/mol. The van der Waals surface area contributed by atoms with Crippen LogP contribution in [0.1, 0.15) is 44.2 Å². The van der Waals surface area contributed by atoms with Crippen molar-refractivity contribution < 1.29 is 9.59 Å². The highest BCUT2D eigenvalue weighted by molar-refractivity contribution is 6.32. The van der Waals surface area contributed by atoms with Crippen LogP contribution in [0.15, 0.2) is 42.9 Å². The number of nitrogens with one attached hydrogen (secondary N) is 3. The average Bonchev–Trinajstić information content (AvgIpc) is 2.91. The molecular formula is C28H32ClN7O2. The van der Waals surface area contributed by atoms with Gasteiger partial charge in [-0.1, -0.05) is 25.4 Å². The van der Waals surface area contributed by atoms with E-state index in [2.05, 4.69) is 30.9 Å². The van der Waals surface area contributed by atoms with Crippen molar-refractivity contribution in [3.05, 3.63) is 59.0 Å². The summed E-state index contributed by atoms with van der Waals surface area (Å²) >= 11 is 6.36. The highest BCUT2D eigenvalue weighted by Gasteiger charge is 2.26. The predicted molar refractivity (Wildman–Crippen MR) is 149 cm³/mol. The zero-order chi connectivity index (χ0) is 26.6. The van der Waals surface area contributed by atoms with Gasteiger partial charge in [0.05, 0.1) is 18.1 Å². The Morgan fingerprint density at radius 1 is 1.08 bits per heavy atom. The number of nitrogens with zero attached hydrogens (tertiary/aromatic N) is 4. The van der Waals surface area contributed by atoms with E-state index in [0.29, 0.717) is 29.6 Å². The van der Waals surface area contributed by atoms with E-state index in [-0.39, 0.29) is 23.7 Å². The summed E-state index contributed by atoms with van der Waals surface area (Å²) < 4.78 is 0. The summed E-state index contributed by atoms with van der Waals surface area (Å²) in [7, 11) is 0. The van der Waals surface area contributed by atoms with E-state index in [1.807, 2.05) is 49.2 Å². The van der Waals surface area contributed by atoms with Crippen molar-refractivity contribution in [2.24, 2.45) is 11.8 Å². The molecule has 0 saturated carbocycles. The molecule has 2 aliphatic rings. The minimum Gasteiger partial charge on any atom is -0.342 e. The third-order valence-corrected chi connectivity index (χ3v) is 7.29. The maximum absolute atomic E-state index is 13.0. The molecule has 0 aliphatic carbocycles. The number of halogens is 1. The number of hydrogen-bond acceptors (Lipinski definition) is 7. The van der Waals surface area contributed by atoms with Gasteiger partial charge >= 0.3 is 0 Å². The van der Waals surface area contributed by atoms with Gasteiger partial charge in [0.2, 0.25) is 17.8 Å². The van der Waals surface area contributed by atoms with Crippen molar-refractivity contribution in [2.75, 3.05) is 29.0 Å². The van der Waals surface area contributed by atoms with Gasteiger partial charge in [-0.2, -0.15) is 4.98 Å². The lowest BCUT2D eigenvalue weighted by Gasteiger charge is -2.32. The van der Waals surface area contributed by atoms with Gasteiger partial charge in [-0.3, -0.25) is 14.6 Å². The van der Waals surface area contributed by atoms with Crippen LogP contribution in [0.3, 0.4) is 0 Å². The number of rotatable bonds is 4. The molecule has 0 radical (unpaired) electrons. The van der Waals surface area contributed by atoms with Gasteiger partial charge < -0.3 is 20.9 Å². The number of benzene rings is 1. The molecule has 0 unspecified atom stereocenters. The predicted octanol–water partition coefficient (Wildman–Crippen LogP) is 5.33. The molecule has 1 saturated heterocycles. The summed E-state index contributed by atoms with van der Waals surface area (Å²) in [6.45, 7) is 5.29. The molecule has 9 nitrogen and oxygen atoms in total. The number of likely N-dealkylation sites (tertiary alicyclic amines) is 1. The molecule has 2 amide bonds. The summed E-state index contributed by atoms with van der Waals surface area (Å²) in [6.07, 6.45) is 8.72. The van der Waals surface area contributed by atoms with Crippen molar-refractivity contribution >= 4 is 52.2 Å². The van der Waals surface area contributed by atoms with Crippen LogP contribution in [-0.2, 0) is 22.4 Å². The number of anilines is 5. The molecule has 6 bridgehead atoms. The van der Waals surface area contributed by atoms with Gasteiger partial charge in [-0.25, -0.2) is 4.98 Å². The van der Waals surface area contributed by atoms with Crippen LogP contribution < -0.4 is 16.0 Å². The molecule has 2 aliphatic heterocycles. The number of hydrogen-bond donors (Lipinski definition) is 3. The maximum Gasteiger partial charge on any atom is 0.229 e. The van der Waals surface area contributed by atoms with Gasteiger partial charge in [0.1, 0.15) is 5.02 Å². The third kappa shape index (κ3) is 6.22. The zero-order valence-corrected chi connectivity index (χ0v) is 22.4. The van der Waals surface area contributed by atoms with Crippen molar-refractivity contribution in [2.45, 2.75) is 46.0 Å². The Kier molecular flexibility index (Phi) is 7.74. The number of piperidine rings is 1. The number of aromatic nitrogens is 3. The zero-order valence-electron chi connectivity index (χ0n) is 21.6. The van der Waals surface area contributed by atoms with E-state index in [1.54, 1.807) is 12.4 Å². The Morgan fingerprint density at radius 2 is 1.89 bits per heavy atom. The molecule has 3 N–H and O–H groups in total. The number of aryl methyl sites for hydroxylation is 2. The van der Waals surface area contributed by atoms with Gasteiger partial charge in [-0.15, -0.1) is 0 Å². The first-order valence-electron chi connectivity index (χ1n) is 13.1. The topological polar surface area (TPSA) is 112 Å². The lowest BCUT2D eigenvalue weighted by atomic mass is 9.92. The first-order chi connectivity index (χ1) is 18.3. The van der Waals surface area contributed by atoms with Crippen LogP contribution in [0.4, 0.5) is 28.8 Å². The normalized spacial score (nSPS) is 15.4. The molecular weight excluding hydrogens is 502 g/mol. The SMILES string of the molecule is CC(C)C(=O)N1CCC(CC(=O)Nc2ccc3cc2CCc2cncc(c2)Nc2ncc(Cl)c(n2)N3)CC1. The lowest BCUT2D eigenvalue weighted by Crippen LogP contribution is -2.41. The van der Waals surface area contributed by atoms with E-state index in [0.717, 1.165) is 60.5 Å². The van der Waals surface area contributed by atoms with Crippen LogP contribution in [0.5, 0.6) is 0 Å². The minimum absolute atomic E-state index is 0.00476. The summed E-state index contributed by atoms with van der Waals surface area (Å²) in [6, 6.07) is 7.87. The molecule has 4 heterocycles. The van der Waals surface area contributed by atoms with Crippen molar-refractivity contribution in [1.29, 1.82) is 0 Å². The van der Waals surface area contributed by atoms with Crippen LogP contribution in [0, 0.1) is 11.8 Å². The van der Waals surface area contributed by atoms with Gasteiger partial charge in [-0.05, 0) is 67.0 Å². The van der Waals surface area contributed by atoms with Gasteiger partial charge in [0.25, 0.3) is 0 Å². The Bertz CT molecular complexity index is 1340. The van der Waals surface area contributed by atoms with E-state index in [4.69, 9.17) is 11.6 Å². The lowest BCUT2D eigenvalue weighted by molar-refractivity contribution is -0.135. The molecule has 38 heavy (non-hydrogen) atoms. The van der Waals surface area contributed by atoms with Crippen LogP contribution in [-0.4, -0.2) is 44.8 Å². The smallest absolute Gasteiger partial charge is 0.229 e. The van der Waals surface area contributed by atoms with Crippen molar-refractivity contribution in [3.63, 3.8) is 0 Å². The highest BCUT2D eigenvalue weighted by atomic mass is 35.5. The fraction of sp³-hybridized carbons (Fsp3) is 0.393. The van der Waals surface area contributed by atoms with Crippen molar-refractivity contribution in [1.82, 2.24) is 19.9 Å². The number of fused-ring (bicyclic) bond motifs is 6. The first-order valence-corrected chi connectivity index (χ1v) is 13.4. The summed E-state index contributed by atoms with van der Waals surface area (Å²) in [5.41, 5.74) is 4.46. The standard InChI is InChI=1S/C28H32ClN7O2/c1-17(2)27(38)36-9-7-18(8-10-36)12-25(37)34-24-6-5-21-13-20(24)4-3-19-11-22(15-30-14-19)33-28-31-16-23(29)26(32-21)35-28/h5-6,11,13-18H,3-4,7-10,12H2,1-2H3,(H,34,37)(H2,31,32,33,35). The first kappa shape index (κ1) is 25.9. The Balaban J connectivity index is 1.32. The summed E-state index contributed by atoms with van der Waals surface area (Å²) in [5, 5.41) is 10.0. The molecule has 5 rings (SSSR count). The van der Waals surface area contributed by atoms with Gasteiger partial charge in [0, 0.05) is 43.0 Å². The number of carbonyl (C=O) groups is 2. The van der Waals surface area contributed by atoms with Crippen LogP contribution in [0.25, 0.3) is 0 Å². The maximum atomic E-state index is 13.0. The van der Waals surface area contributed by atoms with E-state index >= 15 is 0 Å². The Morgan fingerprint density at radius 3 is 2.68 bits per heavy atom. The fourth-order valence-electron chi connectivity index (χ4n) is 4.94. The second-order valence-electron chi connectivity index (χ2n) is 10.3. The van der Waals surface area contributed by atoms with Gasteiger partial charge in [0.15, 0.2) is 5.82 Å². The number of pyridine rings is 1. The molecule has 2 aromatic heterocycles. The van der Waals surface area contributed by atoms with Crippen LogP contribution >= 0.6 is 11.6 Å². The second-order valence-corrected chi connectivity index (χ2v) is 10.7. The minimum atomic E-state index is -0.00476. The Labute approximate surface area is 227 Å². The third-order valence-electron chi connectivity index (χ3n) is 7.01.